The molecule has 1 aliphatic rings. The number of hydrogen-bond donors (Lipinski definition) is 1. The number of rotatable bonds is 9. The summed E-state index contributed by atoms with van der Waals surface area (Å²) < 4.78 is 5.89. The van der Waals surface area contributed by atoms with Gasteiger partial charge in [-0.05, 0) is 43.5 Å². The number of benzene rings is 2. The first-order chi connectivity index (χ1) is 15.2. The van der Waals surface area contributed by atoms with Gasteiger partial charge in [-0.3, -0.25) is 9.59 Å². The third kappa shape index (κ3) is 6.58. The van der Waals surface area contributed by atoms with Crippen LogP contribution in [0.1, 0.15) is 79.0 Å². The third-order valence-corrected chi connectivity index (χ3v) is 5.69. The Morgan fingerprint density at radius 1 is 0.871 bits per heavy atom. The Bertz CT molecular complexity index is 857. The molecule has 0 spiro atoms. The van der Waals surface area contributed by atoms with Crippen molar-refractivity contribution in [2.24, 2.45) is 0 Å². The van der Waals surface area contributed by atoms with Crippen molar-refractivity contribution < 1.29 is 14.3 Å². The second-order valence-corrected chi connectivity index (χ2v) is 8.11. The smallest absolute Gasteiger partial charge is 0.259 e. The highest BCUT2D eigenvalue weighted by molar-refractivity contribution is 6.10. The largest absolute Gasteiger partial charge is 0.493 e. The molecule has 5 nitrogen and oxygen atoms in total. The second-order valence-electron chi connectivity index (χ2n) is 8.11. The summed E-state index contributed by atoms with van der Waals surface area (Å²) in [6.07, 6.45) is 8.84. The maximum Gasteiger partial charge on any atom is 0.259 e. The Kier molecular flexibility index (Phi) is 8.95. The summed E-state index contributed by atoms with van der Waals surface area (Å²) >= 11 is 0. The number of carbonyl (C=O) groups is 2. The Labute approximate surface area is 185 Å². The Morgan fingerprint density at radius 3 is 2.29 bits per heavy atom. The van der Waals surface area contributed by atoms with Gasteiger partial charge in [-0.2, -0.15) is 0 Å². The van der Waals surface area contributed by atoms with Crippen LogP contribution in [-0.4, -0.2) is 36.4 Å². The van der Waals surface area contributed by atoms with E-state index in [1.54, 1.807) is 18.2 Å². The van der Waals surface area contributed by atoms with E-state index in [-0.39, 0.29) is 11.8 Å². The van der Waals surface area contributed by atoms with E-state index >= 15 is 0 Å². The zero-order valence-corrected chi connectivity index (χ0v) is 18.6. The van der Waals surface area contributed by atoms with Crippen molar-refractivity contribution in [3.63, 3.8) is 0 Å². The molecule has 31 heavy (non-hydrogen) atoms. The monoisotopic (exact) mass is 422 g/mol. The van der Waals surface area contributed by atoms with Crippen LogP contribution < -0.4 is 10.1 Å². The van der Waals surface area contributed by atoms with Crippen molar-refractivity contribution in [1.82, 2.24) is 4.90 Å². The lowest BCUT2D eigenvalue weighted by atomic mass is 10.1. The molecular weight excluding hydrogens is 388 g/mol. The molecule has 2 aromatic rings. The molecule has 3 rings (SSSR count). The van der Waals surface area contributed by atoms with Crippen LogP contribution in [0.4, 0.5) is 5.69 Å². The summed E-state index contributed by atoms with van der Waals surface area (Å²) in [7, 11) is 0. The van der Waals surface area contributed by atoms with E-state index in [1.807, 2.05) is 35.2 Å². The fourth-order valence-corrected chi connectivity index (χ4v) is 3.90. The number of nitrogens with zero attached hydrogens (tertiary/aromatic N) is 1. The van der Waals surface area contributed by atoms with E-state index < -0.39 is 0 Å². The van der Waals surface area contributed by atoms with Crippen LogP contribution in [0.15, 0.2) is 48.5 Å². The predicted octanol–water partition coefficient (Wildman–Crippen LogP) is 5.91. The van der Waals surface area contributed by atoms with E-state index in [1.165, 1.54) is 12.8 Å². The lowest BCUT2D eigenvalue weighted by Gasteiger charge is -2.22. The lowest BCUT2D eigenvalue weighted by Crippen LogP contribution is -2.32. The molecule has 166 valence electrons. The fraction of sp³-hybridized carbons (Fsp3) is 0.462. The molecule has 5 heteroatoms. The molecule has 2 aromatic carbocycles. The Balaban J connectivity index is 1.70. The number of likely N-dealkylation sites (tertiary alicyclic amines) is 1. The van der Waals surface area contributed by atoms with Crippen molar-refractivity contribution >= 4 is 17.5 Å². The number of ether oxygens (including phenoxy) is 1. The Hall–Kier alpha value is -2.82. The number of carbonyl (C=O) groups excluding carboxylic acids is 2. The van der Waals surface area contributed by atoms with Crippen LogP contribution >= 0.6 is 0 Å². The van der Waals surface area contributed by atoms with Gasteiger partial charge in [0.2, 0.25) is 0 Å². The summed E-state index contributed by atoms with van der Waals surface area (Å²) in [6.45, 7) is 4.32. The van der Waals surface area contributed by atoms with Crippen molar-refractivity contribution in [1.29, 1.82) is 0 Å². The summed E-state index contributed by atoms with van der Waals surface area (Å²) in [5, 5.41) is 2.95. The average molecular weight is 423 g/mol. The van der Waals surface area contributed by atoms with Gasteiger partial charge in [0.15, 0.2) is 0 Å². The number of amides is 2. The minimum Gasteiger partial charge on any atom is -0.493 e. The van der Waals surface area contributed by atoms with Crippen molar-refractivity contribution in [2.45, 2.75) is 58.3 Å². The number of para-hydroxylation sites is 2. The Morgan fingerprint density at radius 2 is 1.55 bits per heavy atom. The molecule has 1 aliphatic heterocycles. The summed E-state index contributed by atoms with van der Waals surface area (Å²) in [5.41, 5.74) is 1.56. The topological polar surface area (TPSA) is 58.6 Å². The number of hydrogen-bond acceptors (Lipinski definition) is 3. The van der Waals surface area contributed by atoms with Crippen LogP contribution in [0.5, 0.6) is 5.75 Å². The van der Waals surface area contributed by atoms with Gasteiger partial charge < -0.3 is 15.0 Å². The van der Waals surface area contributed by atoms with Crippen molar-refractivity contribution in [3.05, 3.63) is 59.7 Å². The molecule has 2 amide bonds. The average Bonchev–Trinajstić information content (AvgIpc) is 3.09. The quantitative estimate of drug-likeness (QED) is 0.511. The SMILES string of the molecule is CCCCCCOc1ccccc1C(=O)Nc1ccccc1C(=O)N1CCCCCC1. The predicted molar refractivity (Wildman–Crippen MR) is 125 cm³/mol. The molecule has 1 N–H and O–H groups in total. The highest BCUT2D eigenvalue weighted by atomic mass is 16.5. The first kappa shape index (κ1) is 22.9. The van der Waals surface area contributed by atoms with Gasteiger partial charge in [-0.1, -0.05) is 63.3 Å². The van der Waals surface area contributed by atoms with Crippen LogP contribution in [0.25, 0.3) is 0 Å². The maximum absolute atomic E-state index is 13.1. The zero-order valence-electron chi connectivity index (χ0n) is 18.6. The van der Waals surface area contributed by atoms with Gasteiger partial charge in [0, 0.05) is 13.1 Å². The van der Waals surface area contributed by atoms with E-state index in [9.17, 15) is 9.59 Å². The molecule has 1 heterocycles. The van der Waals surface area contributed by atoms with E-state index in [0.717, 1.165) is 51.6 Å². The molecule has 0 saturated carbocycles. The molecule has 1 saturated heterocycles. The summed E-state index contributed by atoms with van der Waals surface area (Å²) in [5.74, 6) is 0.298. The fourth-order valence-electron chi connectivity index (χ4n) is 3.90. The lowest BCUT2D eigenvalue weighted by molar-refractivity contribution is 0.0762. The minimum absolute atomic E-state index is 0.0155. The standard InChI is InChI=1S/C26H34N2O3/c1-2-3-4-13-20-31-24-17-10-8-15-22(24)25(29)27-23-16-9-7-14-21(23)26(30)28-18-11-5-6-12-19-28/h7-10,14-17H,2-6,11-13,18-20H2,1H3,(H,27,29). The zero-order chi connectivity index (χ0) is 21.9. The second kappa shape index (κ2) is 12.1. The number of nitrogens with one attached hydrogen (secondary N) is 1. The van der Waals surface area contributed by atoms with E-state index in [2.05, 4.69) is 12.2 Å². The number of anilines is 1. The van der Waals surface area contributed by atoms with E-state index in [4.69, 9.17) is 4.74 Å². The molecule has 0 aromatic heterocycles. The molecular formula is C26H34N2O3. The van der Waals surface area contributed by atoms with Gasteiger partial charge in [-0.25, -0.2) is 0 Å². The molecule has 0 unspecified atom stereocenters. The number of unbranched alkanes of at least 4 members (excludes halogenated alkanes) is 3. The van der Waals surface area contributed by atoms with Crippen molar-refractivity contribution in [2.75, 3.05) is 25.0 Å². The van der Waals surface area contributed by atoms with Gasteiger partial charge >= 0.3 is 0 Å². The van der Waals surface area contributed by atoms with Gasteiger partial charge in [0.05, 0.1) is 23.4 Å². The highest BCUT2D eigenvalue weighted by Gasteiger charge is 2.21. The normalized spacial score (nSPS) is 14.0. The van der Waals surface area contributed by atoms with Crippen molar-refractivity contribution in [3.8, 4) is 5.75 Å². The van der Waals surface area contributed by atoms with Gasteiger partial charge in [0.25, 0.3) is 11.8 Å². The van der Waals surface area contributed by atoms with Gasteiger partial charge in [-0.15, -0.1) is 0 Å². The van der Waals surface area contributed by atoms with Crippen LogP contribution in [-0.2, 0) is 0 Å². The van der Waals surface area contributed by atoms with E-state index in [0.29, 0.717) is 29.2 Å². The molecule has 0 atom stereocenters. The first-order valence-electron chi connectivity index (χ1n) is 11.6. The first-order valence-corrected chi connectivity index (χ1v) is 11.6. The third-order valence-electron chi connectivity index (χ3n) is 5.69. The molecule has 1 fully saturated rings. The molecule has 0 aliphatic carbocycles. The highest BCUT2D eigenvalue weighted by Crippen LogP contribution is 2.23. The molecule has 0 radical (unpaired) electrons. The molecule has 0 bridgehead atoms. The maximum atomic E-state index is 13.1. The van der Waals surface area contributed by atoms with Crippen LogP contribution in [0, 0.1) is 0 Å². The van der Waals surface area contributed by atoms with Crippen LogP contribution in [0.3, 0.4) is 0 Å². The summed E-state index contributed by atoms with van der Waals surface area (Å²) in [6, 6.07) is 14.5. The van der Waals surface area contributed by atoms with Crippen LogP contribution in [0.2, 0.25) is 0 Å². The summed E-state index contributed by atoms with van der Waals surface area (Å²) in [4.78, 5) is 28.1. The van der Waals surface area contributed by atoms with Gasteiger partial charge in [0.1, 0.15) is 5.75 Å². The minimum atomic E-state index is -0.264.